The molecule has 0 saturated heterocycles. The highest BCUT2D eigenvalue weighted by molar-refractivity contribution is 7.84. The molecule has 0 fully saturated rings. The van der Waals surface area contributed by atoms with Crippen LogP contribution in [-0.2, 0) is 16.2 Å². The van der Waals surface area contributed by atoms with Gasteiger partial charge in [0.25, 0.3) is 0 Å². The van der Waals surface area contributed by atoms with Gasteiger partial charge in [-0.15, -0.1) is 0 Å². The van der Waals surface area contributed by atoms with Crippen molar-refractivity contribution in [3.05, 3.63) is 29.3 Å². The van der Waals surface area contributed by atoms with E-state index in [1.54, 1.807) is 6.26 Å². The Morgan fingerprint density at radius 1 is 1.19 bits per heavy atom. The molecule has 1 nitrogen and oxygen atoms in total. The summed E-state index contributed by atoms with van der Waals surface area (Å²) in [6.45, 7) is 11.0. The smallest absolute Gasteiger partial charge is 0.0498 e. The molecular formula is C14H22OS. The van der Waals surface area contributed by atoms with Gasteiger partial charge in [0, 0.05) is 22.0 Å². The maximum Gasteiger partial charge on any atom is 0.0498 e. The third-order valence-electron chi connectivity index (χ3n) is 2.78. The first kappa shape index (κ1) is 13.4. The molecule has 0 aliphatic carbocycles. The largest absolute Gasteiger partial charge is 0.255 e. The van der Waals surface area contributed by atoms with Crippen LogP contribution < -0.4 is 0 Å². The summed E-state index contributed by atoms with van der Waals surface area (Å²) in [7, 11) is -0.891. The van der Waals surface area contributed by atoms with Crippen LogP contribution in [0.15, 0.2) is 23.1 Å². The molecule has 1 aromatic carbocycles. The average Bonchev–Trinajstić information content (AvgIpc) is 2.15. The predicted octanol–water partition coefficient (Wildman–Crippen LogP) is 3.84. The Labute approximate surface area is 102 Å². The van der Waals surface area contributed by atoms with E-state index < -0.39 is 10.8 Å². The minimum Gasteiger partial charge on any atom is -0.255 e. The van der Waals surface area contributed by atoms with Gasteiger partial charge in [-0.1, -0.05) is 40.7 Å². The van der Waals surface area contributed by atoms with E-state index in [2.05, 4.69) is 46.8 Å². The molecule has 0 amide bonds. The summed E-state index contributed by atoms with van der Waals surface area (Å²) < 4.78 is 11.5. The second-order valence-electron chi connectivity index (χ2n) is 5.61. The molecule has 0 bridgehead atoms. The number of benzene rings is 1. The van der Waals surface area contributed by atoms with Gasteiger partial charge < -0.3 is 0 Å². The highest BCUT2D eigenvalue weighted by Crippen LogP contribution is 2.31. The van der Waals surface area contributed by atoms with Gasteiger partial charge in [-0.05, 0) is 34.6 Å². The zero-order valence-corrected chi connectivity index (χ0v) is 11.9. The van der Waals surface area contributed by atoms with Crippen LogP contribution in [0.4, 0.5) is 0 Å². The van der Waals surface area contributed by atoms with E-state index in [0.29, 0.717) is 5.92 Å². The molecule has 0 aromatic heterocycles. The van der Waals surface area contributed by atoms with E-state index in [-0.39, 0.29) is 5.41 Å². The monoisotopic (exact) mass is 238 g/mol. The third-order valence-corrected chi connectivity index (χ3v) is 3.70. The second kappa shape index (κ2) is 4.70. The summed E-state index contributed by atoms with van der Waals surface area (Å²) in [5.41, 5.74) is 2.82. The summed E-state index contributed by atoms with van der Waals surface area (Å²) in [6.07, 6.45) is 1.73. The lowest BCUT2D eigenvalue weighted by molar-refractivity contribution is 0.576. The first-order valence-corrected chi connectivity index (χ1v) is 7.27. The van der Waals surface area contributed by atoms with Crippen LogP contribution in [-0.4, -0.2) is 10.5 Å². The molecule has 0 spiro atoms. The highest BCUT2D eigenvalue weighted by atomic mass is 32.2. The van der Waals surface area contributed by atoms with Gasteiger partial charge in [-0.25, -0.2) is 0 Å². The fourth-order valence-electron chi connectivity index (χ4n) is 1.88. The summed E-state index contributed by atoms with van der Waals surface area (Å²) >= 11 is 0. The van der Waals surface area contributed by atoms with Crippen molar-refractivity contribution in [1.29, 1.82) is 0 Å². The Bertz CT molecular complexity index is 400. The van der Waals surface area contributed by atoms with E-state index in [1.165, 1.54) is 11.1 Å². The van der Waals surface area contributed by atoms with Gasteiger partial charge in [0.1, 0.15) is 0 Å². The Hall–Kier alpha value is -0.630. The zero-order chi connectivity index (χ0) is 12.5. The van der Waals surface area contributed by atoms with Crippen molar-refractivity contribution in [3.8, 4) is 0 Å². The SMILES string of the molecule is CC(C)c1cc(S(C)=O)ccc1C(C)(C)C. The van der Waals surface area contributed by atoms with Crippen molar-refractivity contribution in [3.63, 3.8) is 0 Å². The fraction of sp³-hybridized carbons (Fsp3) is 0.571. The summed E-state index contributed by atoms with van der Waals surface area (Å²) in [4.78, 5) is 0.928. The van der Waals surface area contributed by atoms with Gasteiger partial charge in [0.2, 0.25) is 0 Å². The molecular weight excluding hydrogens is 216 g/mol. The highest BCUT2D eigenvalue weighted by Gasteiger charge is 2.19. The van der Waals surface area contributed by atoms with Crippen molar-refractivity contribution < 1.29 is 4.21 Å². The Kier molecular flexibility index (Phi) is 3.95. The molecule has 0 aliphatic heterocycles. The quantitative estimate of drug-likeness (QED) is 0.765. The first-order chi connectivity index (χ1) is 7.23. The normalized spacial score (nSPS) is 14.2. The van der Waals surface area contributed by atoms with Gasteiger partial charge >= 0.3 is 0 Å². The van der Waals surface area contributed by atoms with Crippen molar-refractivity contribution in [2.24, 2.45) is 0 Å². The molecule has 0 radical (unpaired) electrons. The molecule has 0 aliphatic rings. The Morgan fingerprint density at radius 3 is 2.12 bits per heavy atom. The minimum absolute atomic E-state index is 0.146. The van der Waals surface area contributed by atoms with E-state index in [9.17, 15) is 4.21 Å². The molecule has 1 unspecified atom stereocenters. The van der Waals surface area contributed by atoms with Crippen molar-refractivity contribution in [2.45, 2.75) is 50.8 Å². The lowest BCUT2D eigenvalue weighted by Crippen LogP contribution is -2.15. The summed E-state index contributed by atoms with van der Waals surface area (Å²) in [5, 5.41) is 0. The Morgan fingerprint density at radius 2 is 1.75 bits per heavy atom. The second-order valence-corrected chi connectivity index (χ2v) is 6.99. The standard InChI is InChI=1S/C14H22OS/c1-10(2)12-9-11(16(6)15)7-8-13(12)14(3,4)5/h7-10H,1-6H3. The number of rotatable bonds is 2. The minimum atomic E-state index is -0.891. The molecule has 1 rings (SSSR count). The van der Waals surface area contributed by atoms with Gasteiger partial charge in [0.15, 0.2) is 0 Å². The molecule has 1 atom stereocenters. The van der Waals surface area contributed by atoms with Crippen LogP contribution in [0.5, 0.6) is 0 Å². The van der Waals surface area contributed by atoms with Crippen LogP contribution in [0, 0.1) is 0 Å². The van der Waals surface area contributed by atoms with Crippen LogP contribution in [0.25, 0.3) is 0 Å². The van der Waals surface area contributed by atoms with Crippen LogP contribution in [0.3, 0.4) is 0 Å². The summed E-state index contributed by atoms with van der Waals surface area (Å²) in [5.74, 6) is 0.470. The van der Waals surface area contributed by atoms with Gasteiger partial charge in [0.05, 0.1) is 0 Å². The van der Waals surface area contributed by atoms with Gasteiger partial charge in [-0.3, -0.25) is 4.21 Å². The summed E-state index contributed by atoms with van der Waals surface area (Å²) in [6, 6.07) is 6.22. The van der Waals surface area contributed by atoms with E-state index in [0.717, 1.165) is 4.90 Å². The van der Waals surface area contributed by atoms with Gasteiger partial charge in [-0.2, -0.15) is 0 Å². The molecule has 90 valence electrons. The van der Waals surface area contributed by atoms with Crippen molar-refractivity contribution in [1.82, 2.24) is 0 Å². The average molecular weight is 238 g/mol. The molecule has 0 heterocycles. The first-order valence-electron chi connectivity index (χ1n) is 5.71. The molecule has 16 heavy (non-hydrogen) atoms. The predicted molar refractivity (Wildman–Crippen MR) is 71.6 cm³/mol. The van der Waals surface area contributed by atoms with E-state index >= 15 is 0 Å². The number of hydrogen-bond acceptors (Lipinski definition) is 1. The van der Waals surface area contributed by atoms with Crippen LogP contribution in [0.2, 0.25) is 0 Å². The lowest BCUT2D eigenvalue weighted by Gasteiger charge is -2.25. The maximum atomic E-state index is 11.5. The number of hydrogen-bond donors (Lipinski definition) is 0. The van der Waals surface area contributed by atoms with Crippen molar-refractivity contribution >= 4 is 10.8 Å². The van der Waals surface area contributed by atoms with Crippen LogP contribution >= 0.6 is 0 Å². The maximum absolute atomic E-state index is 11.5. The van der Waals surface area contributed by atoms with Crippen molar-refractivity contribution in [2.75, 3.05) is 6.26 Å². The van der Waals surface area contributed by atoms with Crippen LogP contribution in [0.1, 0.15) is 51.7 Å². The molecule has 1 aromatic rings. The molecule has 0 saturated carbocycles. The van der Waals surface area contributed by atoms with E-state index in [1.807, 2.05) is 6.07 Å². The lowest BCUT2D eigenvalue weighted by atomic mass is 9.81. The fourth-order valence-corrected chi connectivity index (χ4v) is 2.43. The Balaban J connectivity index is 3.37. The van der Waals surface area contributed by atoms with E-state index in [4.69, 9.17) is 0 Å². The molecule has 2 heteroatoms. The molecule has 0 N–H and O–H groups in total. The topological polar surface area (TPSA) is 17.1 Å². The zero-order valence-electron chi connectivity index (χ0n) is 11.1. The third kappa shape index (κ3) is 2.94.